The molecule has 1 heterocycles. The number of hydrogen-bond acceptors (Lipinski definition) is 4. The highest BCUT2D eigenvalue weighted by molar-refractivity contribution is 5.91. The van der Waals surface area contributed by atoms with Crippen LogP contribution in [0.15, 0.2) is 0 Å². The van der Waals surface area contributed by atoms with Gasteiger partial charge in [-0.3, -0.25) is 9.59 Å². The van der Waals surface area contributed by atoms with Crippen molar-refractivity contribution in [3.63, 3.8) is 0 Å². The van der Waals surface area contributed by atoms with Crippen molar-refractivity contribution in [1.82, 2.24) is 10.2 Å². The molecule has 1 aliphatic rings. The van der Waals surface area contributed by atoms with Gasteiger partial charge in [0.05, 0.1) is 13.0 Å². The summed E-state index contributed by atoms with van der Waals surface area (Å²) in [6, 6.07) is -1.22. The van der Waals surface area contributed by atoms with E-state index in [-0.39, 0.29) is 6.54 Å². The second-order valence-corrected chi connectivity index (χ2v) is 4.10. The number of rotatable bonds is 5. The molecule has 1 fully saturated rings. The van der Waals surface area contributed by atoms with Crippen LogP contribution in [0.1, 0.15) is 6.42 Å². The molecule has 114 valence electrons. The number of alkyl halides is 3. The summed E-state index contributed by atoms with van der Waals surface area (Å²) in [5.74, 6) is -2.56. The number of carbonyl (C=O) groups is 3. The van der Waals surface area contributed by atoms with Gasteiger partial charge in [0, 0.05) is 6.54 Å². The average molecular weight is 298 g/mol. The quantitative estimate of drug-likeness (QED) is 0.659. The normalized spacial score (nSPS) is 19.6. The lowest BCUT2D eigenvalue weighted by Gasteiger charge is -2.32. The van der Waals surface area contributed by atoms with Crippen molar-refractivity contribution in [2.45, 2.75) is 18.6 Å². The van der Waals surface area contributed by atoms with Gasteiger partial charge in [0.15, 0.2) is 0 Å². The van der Waals surface area contributed by atoms with Crippen LogP contribution >= 0.6 is 0 Å². The smallest absolute Gasteiger partial charge is 0.411 e. The highest BCUT2D eigenvalue weighted by Crippen LogP contribution is 2.14. The molecule has 0 aliphatic carbocycles. The monoisotopic (exact) mass is 298 g/mol. The van der Waals surface area contributed by atoms with Crippen molar-refractivity contribution in [3.8, 4) is 0 Å². The van der Waals surface area contributed by atoms with E-state index in [4.69, 9.17) is 5.11 Å². The first kappa shape index (κ1) is 16.2. The van der Waals surface area contributed by atoms with Crippen molar-refractivity contribution in [1.29, 1.82) is 0 Å². The molecule has 0 aromatic rings. The fraction of sp³-hybridized carbons (Fsp3) is 0.700. The van der Waals surface area contributed by atoms with Gasteiger partial charge < -0.3 is 20.1 Å². The van der Waals surface area contributed by atoms with Crippen LogP contribution in [0.25, 0.3) is 0 Å². The molecule has 2 amide bonds. The van der Waals surface area contributed by atoms with Gasteiger partial charge in [-0.2, -0.15) is 13.2 Å². The fourth-order valence-electron chi connectivity index (χ4n) is 1.62. The van der Waals surface area contributed by atoms with Crippen LogP contribution < -0.4 is 5.32 Å². The molecule has 1 saturated heterocycles. The van der Waals surface area contributed by atoms with E-state index < -0.39 is 56.2 Å². The molecule has 20 heavy (non-hydrogen) atoms. The third kappa shape index (κ3) is 5.03. The standard InChI is InChI=1S/C10H13F3N2O5/c11-10(12,13)5-20-2-1-8(17)15-4-7(16)14-3-6(15)9(18)19/h6H,1-5H2,(H,14,16)(H,18,19). The Morgan fingerprint density at radius 3 is 2.65 bits per heavy atom. The Kier molecular flexibility index (Phi) is 5.31. The molecule has 0 spiro atoms. The number of ether oxygens (including phenoxy) is 1. The van der Waals surface area contributed by atoms with E-state index in [1.807, 2.05) is 0 Å². The Bertz CT molecular complexity index is 399. The molecular formula is C10H13F3N2O5. The number of hydrogen-bond donors (Lipinski definition) is 2. The van der Waals surface area contributed by atoms with Crippen molar-refractivity contribution in [2.24, 2.45) is 0 Å². The van der Waals surface area contributed by atoms with Gasteiger partial charge in [0.25, 0.3) is 0 Å². The summed E-state index contributed by atoms with van der Waals surface area (Å²) < 4.78 is 39.7. The maximum absolute atomic E-state index is 11.8. The van der Waals surface area contributed by atoms with Gasteiger partial charge in [-0.1, -0.05) is 0 Å². The van der Waals surface area contributed by atoms with Crippen molar-refractivity contribution >= 4 is 17.8 Å². The number of amides is 2. The molecule has 7 nitrogen and oxygen atoms in total. The van der Waals surface area contributed by atoms with Gasteiger partial charge in [0.1, 0.15) is 19.2 Å². The first-order valence-electron chi connectivity index (χ1n) is 5.64. The zero-order valence-corrected chi connectivity index (χ0v) is 10.3. The number of carboxylic acid groups (broad SMARTS) is 1. The summed E-state index contributed by atoms with van der Waals surface area (Å²) >= 11 is 0. The van der Waals surface area contributed by atoms with Gasteiger partial charge in [-0.05, 0) is 0 Å². The topological polar surface area (TPSA) is 95.9 Å². The van der Waals surface area contributed by atoms with E-state index in [9.17, 15) is 27.6 Å². The maximum atomic E-state index is 11.8. The van der Waals surface area contributed by atoms with Gasteiger partial charge >= 0.3 is 12.1 Å². The van der Waals surface area contributed by atoms with E-state index in [1.165, 1.54) is 0 Å². The van der Waals surface area contributed by atoms with Crippen LogP contribution in [0.2, 0.25) is 0 Å². The molecule has 0 aromatic carbocycles. The summed E-state index contributed by atoms with van der Waals surface area (Å²) in [6.45, 7) is -2.65. The minimum Gasteiger partial charge on any atom is -0.480 e. The largest absolute Gasteiger partial charge is 0.480 e. The molecule has 10 heteroatoms. The number of aliphatic carboxylic acids is 1. The minimum absolute atomic E-state index is 0.233. The van der Waals surface area contributed by atoms with Crippen molar-refractivity contribution < 1.29 is 37.4 Å². The lowest BCUT2D eigenvalue weighted by molar-refractivity contribution is -0.175. The summed E-state index contributed by atoms with van der Waals surface area (Å²) in [4.78, 5) is 34.6. The van der Waals surface area contributed by atoms with E-state index >= 15 is 0 Å². The first-order chi connectivity index (χ1) is 9.20. The number of carboxylic acids is 1. The number of nitrogens with one attached hydrogen (secondary N) is 1. The average Bonchev–Trinajstić information content (AvgIpc) is 2.32. The third-order valence-electron chi connectivity index (χ3n) is 2.51. The predicted octanol–water partition coefficient (Wildman–Crippen LogP) is -0.633. The Hall–Kier alpha value is -1.84. The molecule has 0 aromatic heterocycles. The van der Waals surface area contributed by atoms with Crippen LogP contribution in [0.4, 0.5) is 13.2 Å². The second kappa shape index (κ2) is 6.55. The van der Waals surface area contributed by atoms with Gasteiger partial charge in [-0.25, -0.2) is 4.79 Å². The molecule has 2 N–H and O–H groups in total. The van der Waals surface area contributed by atoms with E-state index in [0.29, 0.717) is 0 Å². The molecule has 1 atom stereocenters. The van der Waals surface area contributed by atoms with Crippen molar-refractivity contribution in [2.75, 3.05) is 26.3 Å². The Labute approximate surface area is 111 Å². The predicted molar refractivity (Wildman–Crippen MR) is 57.6 cm³/mol. The summed E-state index contributed by atoms with van der Waals surface area (Å²) in [5, 5.41) is 11.2. The van der Waals surface area contributed by atoms with Crippen LogP contribution in [-0.4, -0.2) is 66.3 Å². The molecule has 1 rings (SSSR count). The molecule has 1 aliphatic heterocycles. The highest BCUT2D eigenvalue weighted by atomic mass is 19.4. The van der Waals surface area contributed by atoms with Crippen LogP contribution in [-0.2, 0) is 19.1 Å². The molecule has 0 radical (unpaired) electrons. The SMILES string of the molecule is O=C1CN(C(=O)CCOCC(F)(F)F)C(C(=O)O)CN1. The number of nitrogens with zero attached hydrogens (tertiary/aromatic N) is 1. The number of halogens is 3. The Balaban J connectivity index is 2.47. The Morgan fingerprint density at radius 2 is 2.10 bits per heavy atom. The highest BCUT2D eigenvalue weighted by Gasteiger charge is 2.35. The summed E-state index contributed by atoms with van der Waals surface area (Å²) in [6.07, 6.45) is -4.91. The lowest BCUT2D eigenvalue weighted by Crippen LogP contribution is -2.59. The minimum atomic E-state index is -4.49. The zero-order chi connectivity index (χ0) is 15.3. The number of piperazine rings is 1. The van der Waals surface area contributed by atoms with Crippen LogP contribution in [0.5, 0.6) is 0 Å². The molecule has 0 bridgehead atoms. The summed E-state index contributed by atoms with van der Waals surface area (Å²) in [7, 11) is 0. The van der Waals surface area contributed by atoms with Gasteiger partial charge in [-0.15, -0.1) is 0 Å². The van der Waals surface area contributed by atoms with Gasteiger partial charge in [0.2, 0.25) is 11.8 Å². The zero-order valence-electron chi connectivity index (χ0n) is 10.3. The molecule has 0 saturated carbocycles. The first-order valence-corrected chi connectivity index (χ1v) is 5.64. The Morgan fingerprint density at radius 1 is 1.45 bits per heavy atom. The summed E-state index contributed by atoms with van der Waals surface area (Å²) in [5.41, 5.74) is 0. The third-order valence-corrected chi connectivity index (χ3v) is 2.51. The molecular weight excluding hydrogens is 285 g/mol. The van der Waals surface area contributed by atoms with Crippen molar-refractivity contribution in [3.05, 3.63) is 0 Å². The van der Waals surface area contributed by atoms with E-state index in [1.54, 1.807) is 0 Å². The lowest BCUT2D eigenvalue weighted by atomic mass is 10.1. The van der Waals surface area contributed by atoms with E-state index in [0.717, 1.165) is 4.90 Å². The van der Waals surface area contributed by atoms with Crippen LogP contribution in [0, 0.1) is 0 Å². The van der Waals surface area contributed by atoms with E-state index in [2.05, 4.69) is 10.1 Å². The maximum Gasteiger partial charge on any atom is 0.411 e. The fourth-order valence-corrected chi connectivity index (χ4v) is 1.62. The van der Waals surface area contributed by atoms with Crippen LogP contribution in [0.3, 0.4) is 0 Å². The molecule has 1 unspecified atom stereocenters. The number of carbonyl (C=O) groups excluding carboxylic acids is 2. The second-order valence-electron chi connectivity index (χ2n) is 4.10.